The quantitative estimate of drug-likeness (QED) is 0.475. The zero-order valence-corrected chi connectivity index (χ0v) is 23.5. The van der Waals surface area contributed by atoms with Crippen LogP contribution in [0.25, 0.3) is 0 Å². The molecule has 2 aromatic carbocycles. The zero-order valence-electron chi connectivity index (χ0n) is 22.7. The fraction of sp³-hybridized carbons (Fsp3) is 0.500. The number of nitrogens with zero attached hydrogens (tertiary/aromatic N) is 2. The van der Waals surface area contributed by atoms with Crippen molar-refractivity contribution in [2.45, 2.75) is 78.9 Å². The van der Waals surface area contributed by atoms with E-state index in [1.165, 1.54) is 10.6 Å². The van der Waals surface area contributed by atoms with E-state index in [1.807, 2.05) is 84.0 Å². The summed E-state index contributed by atoms with van der Waals surface area (Å²) >= 11 is 0. The Morgan fingerprint density at radius 3 is 2.17 bits per heavy atom. The number of rotatable bonds is 11. The molecule has 0 saturated heterocycles. The van der Waals surface area contributed by atoms with E-state index in [4.69, 9.17) is 0 Å². The summed E-state index contributed by atoms with van der Waals surface area (Å²) < 4.78 is 26.4. The Morgan fingerprint density at radius 2 is 1.64 bits per heavy atom. The molecule has 0 aliphatic heterocycles. The normalized spacial score (nSPS) is 12.6. The summed E-state index contributed by atoms with van der Waals surface area (Å²) in [5.41, 5.74) is 3.18. The van der Waals surface area contributed by atoms with Crippen molar-refractivity contribution in [3.05, 3.63) is 65.2 Å². The molecule has 2 amide bonds. The Labute approximate surface area is 216 Å². The summed E-state index contributed by atoms with van der Waals surface area (Å²) in [7, 11) is -3.52. The number of aryl methyl sites for hydroxylation is 2. The monoisotopic (exact) mass is 515 g/mol. The van der Waals surface area contributed by atoms with Crippen LogP contribution in [-0.4, -0.2) is 49.5 Å². The second-order valence-corrected chi connectivity index (χ2v) is 12.3. The van der Waals surface area contributed by atoms with Crippen molar-refractivity contribution in [2.75, 3.05) is 17.1 Å². The molecule has 0 saturated carbocycles. The molecule has 0 bridgehead atoms. The number of sulfonamides is 1. The van der Waals surface area contributed by atoms with Gasteiger partial charge in [0.25, 0.3) is 0 Å². The van der Waals surface area contributed by atoms with Crippen LogP contribution in [0.5, 0.6) is 0 Å². The van der Waals surface area contributed by atoms with Crippen LogP contribution in [0.1, 0.15) is 63.6 Å². The first kappa shape index (κ1) is 29.4. The van der Waals surface area contributed by atoms with Crippen LogP contribution in [0, 0.1) is 13.8 Å². The average Bonchev–Trinajstić information content (AvgIpc) is 2.77. The average molecular weight is 516 g/mol. The summed E-state index contributed by atoms with van der Waals surface area (Å²) in [6, 6.07) is 14.5. The number of carbonyl (C=O) groups is 2. The first-order valence-electron chi connectivity index (χ1n) is 12.4. The molecule has 198 valence electrons. The van der Waals surface area contributed by atoms with Gasteiger partial charge in [0.1, 0.15) is 6.04 Å². The predicted molar refractivity (Wildman–Crippen MR) is 146 cm³/mol. The summed E-state index contributed by atoms with van der Waals surface area (Å²) in [6.07, 6.45) is 2.11. The molecule has 0 heterocycles. The lowest BCUT2D eigenvalue weighted by Crippen LogP contribution is -2.53. The van der Waals surface area contributed by atoms with Gasteiger partial charge in [0, 0.05) is 25.0 Å². The molecule has 0 aliphatic rings. The molecule has 0 aliphatic carbocycles. The summed E-state index contributed by atoms with van der Waals surface area (Å²) in [5, 5.41) is 3.00. The number of benzene rings is 2. The highest BCUT2D eigenvalue weighted by atomic mass is 32.2. The summed E-state index contributed by atoms with van der Waals surface area (Å²) in [4.78, 5) is 28.2. The van der Waals surface area contributed by atoms with Gasteiger partial charge < -0.3 is 10.2 Å². The van der Waals surface area contributed by atoms with Crippen LogP contribution in [-0.2, 0) is 26.2 Å². The minimum Gasteiger partial charge on any atom is -0.350 e. The van der Waals surface area contributed by atoms with E-state index >= 15 is 0 Å². The molecule has 7 nitrogen and oxygen atoms in total. The van der Waals surface area contributed by atoms with Gasteiger partial charge in [0.15, 0.2) is 0 Å². The second-order valence-electron chi connectivity index (χ2n) is 10.4. The number of nitrogens with one attached hydrogen (secondary N) is 1. The SMILES string of the molecule is CCC(C(=O)NC(C)(C)C)N(Cc1ccccc1)C(=O)CCCN(c1ccc(C)c(C)c1)S(C)(=O)=O. The third-order valence-corrected chi connectivity index (χ3v) is 7.20. The van der Waals surface area contributed by atoms with Crippen molar-refractivity contribution in [3.8, 4) is 0 Å². The Morgan fingerprint density at radius 1 is 1.00 bits per heavy atom. The summed E-state index contributed by atoms with van der Waals surface area (Å²) in [6.45, 7) is 12.0. The van der Waals surface area contributed by atoms with Crippen molar-refractivity contribution in [1.82, 2.24) is 10.2 Å². The minimum atomic E-state index is -3.52. The topological polar surface area (TPSA) is 86.8 Å². The Kier molecular flexibility index (Phi) is 10.1. The van der Waals surface area contributed by atoms with Gasteiger partial charge in [-0.1, -0.05) is 43.3 Å². The lowest BCUT2D eigenvalue weighted by Gasteiger charge is -2.33. The Balaban J connectivity index is 2.22. The highest BCUT2D eigenvalue weighted by molar-refractivity contribution is 7.92. The van der Waals surface area contributed by atoms with E-state index in [1.54, 1.807) is 11.0 Å². The molecule has 2 rings (SSSR count). The first-order valence-corrected chi connectivity index (χ1v) is 14.3. The number of amides is 2. The van der Waals surface area contributed by atoms with E-state index in [0.29, 0.717) is 25.1 Å². The molecular formula is C28H41N3O4S. The molecular weight excluding hydrogens is 474 g/mol. The van der Waals surface area contributed by atoms with Crippen molar-refractivity contribution >= 4 is 27.5 Å². The molecule has 36 heavy (non-hydrogen) atoms. The third-order valence-electron chi connectivity index (χ3n) is 6.01. The maximum Gasteiger partial charge on any atom is 0.243 e. The Bertz CT molecular complexity index is 1140. The van der Waals surface area contributed by atoms with E-state index in [-0.39, 0.29) is 24.8 Å². The molecule has 0 radical (unpaired) electrons. The van der Waals surface area contributed by atoms with E-state index in [9.17, 15) is 18.0 Å². The van der Waals surface area contributed by atoms with Gasteiger partial charge in [-0.25, -0.2) is 8.42 Å². The fourth-order valence-electron chi connectivity index (χ4n) is 4.04. The molecule has 0 aromatic heterocycles. The van der Waals surface area contributed by atoms with Crippen LogP contribution in [0.3, 0.4) is 0 Å². The largest absolute Gasteiger partial charge is 0.350 e. The van der Waals surface area contributed by atoms with E-state index in [2.05, 4.69) is 5.32 Å². The van der Waals surface area contributed by atoms with Crippen LogP contribution >= 0.6 is 0 Å². The highest BCUT2D eigenvalue weighted by Gasteiger charge is 2.30. The number of anilines is 1. The predicted octanol–water partition coefficient (Wildman–Crippen LogP) is 4.57. The van der Waals surface area contributed by atoms with Crippen molar-refractivity contribution in [1.29, 1.82) is 0 Å². The maximum atomic E-state index is 13.5. The van der Waals surface area contributed by atoms with Gasteiger partial charge in [-0.15, -0.1) is 0 Å². The number of hydrogen-bond acceptors (Lipinski definition) is 4. The molecule has 0 spiro atoms. The minimum absolute atomic E-state index is 0.128. The van der Waals surface area contributed by atoms with E-state index < -0.39 is 21.6 Å². The van der Waals surface area contributed by atoms with Gasteiger partial charge >= 0.3 is 0 Å². The molecule has 1 atom stereocenters. The van der Waals surface area contributed by atoms with E-state index in [0.717, 1.165) is 16.7 Å². The third kappa shape index (κ3) is 8.66. The lowest BCUT2D eigenvalue weighted by atomic mass is 10.0. The molecule has 2 aromatic rings. The van der Waals surface area contributed by atoms with Gasteiger partial charge in [-0.05, 0) is 76.3 Å². The van der Waals surface area contributed by atoms with Gasteiger partial charge in [-0.2, -0.15) is 0 Å². The van der Waals surface area contributed by atoms with Crippen LogP contribution in [0.4, 0.5) is 5.69 Å². The van der Waals surface area contributed by atoms with Gasteiger partial charge in [0.2, 0.25) is 21.8 Å². The maximum absolute atomic E-state index is 13.5. The van der Waals surface area contributed by atoms with Gasteiger partial charge in [-0.3, -0.25) is 13.9 Å². The second kappa shape index (κ2) is 12.4. The number of hydrogen-bond donors (Lipinski definition) is 1. The molecule has 1 N–H and O–H groups in total. The van der Waals surface area contributed by atoms with Crippen LogP contribution < -0.4 is 9.62 Å². The lowest BCUT2D eigenvalue weighted by molar-refractivity contribution is -0.142. The van der Waals surface area contributed by atoms with Crippen molar-refractivity contribution < 1.29 is 18.0 Å². The molecule has 1 unspecified atom stereocenters. The van der Waals surface area contributed by atoms with Crippen LogP contribution in [0.2, 0.25) is 0 Å². The molecule has 8 heteroatoms. The smallest absolute Gasteiger partial charge is 0.243 e. The van der Waals surface area contributed by atoms with Gasteiger partial charge in [0.05, 0.1) is 11.9 Å². The Hall–Kier alpha value is -2.87. The fourth-order valence-corrected chi connectivity index (χ4v) is 4.99. The zero-order chi connectivity index (χ0) is 27.1. The molecule has 0 fully saturated rings. The first-order chi connectivity index (χ1) is 16.7. The number of carbonyl (C=O) groups excluding carboxylic acids is 2. The summed E-state index contributed by atoms with van der Waals surface area (Å²) in [5.74, 6) is -0.370. The van der Waals surface area contributed by atoms with Crippen molar-refractivity contribution in [2.24, 2.45) is 0 Å². The highest BCUT2D eigenvalue weighted by Crippen LogP contribution is 2.22. The standard InChI is InChI=1S/C28H41N3O4S/c1-8-25(27(33)29-28(4,5)6)30(20-23-13-10-9-11-14-23)26(32)15-12-18-31(36(7,34)35)24-17-16-21(2)22(3)19-24/h9-11,13-14,16-17,19,25H,8,12,15,18,20H2,1-7H3,(H,29,33). The van der Waals surface area contributed by atoms with Crippen LogP contribution in [0.15, 0.2) is 48.5 Å². The van der Waals surface area contributed by atoms with Crippen molar-refractivity contribution in [3.63, 3.8) is 0 Å².